The third-order valence-corrected chi connectivity index (χ3v) is 5.00. The van der Waals surface area contributed by atoms with Gasteiger partial charge in [0.1, 0.15) is 0 Å². The summed E-state index contributed by atoms with van der Waals surface area (Å²) in [7, 11) is 1.48. The number of hydrogen-bond acceptors (Lipinski definition) is 3. The smallest absolute Gasteiger partial charge is 0.312 e. The lowest BCUT2D eigenvalue weighted by atomic mass is 10.0. The predicted octanol–water partition coefficient (Wildman–Crippen LogP) is 3.35. The van der Waals surface area contributed by atoms with Gasteiger partial charge in [-0.15, -0.1) is 0 Å². The first kappa shape index (κ1) is 14.3. The van der Waals surface area contributed by atoms with Crippen LogP contribution in [0.4, 0.5) is 0 Å². The van der Waals surface area contributed by atoms with Gasteiger partial charge in [-0.2, -0.15) is 0 Å². The second kappa shape index (κ2) is 5.64. The van der Waals surface area contributed by atoms with Gasteiger partial charge in [-0.25, -0.2) is 0 Å². The van der Waals surface area contributed by atoms with Crippen LogP contribution < -0.4 is 0 Å². The summed E-state index contributed by atoms with van der Waals surface area (Å²) in [6.07, 6.45) is 4.34. The maximum atomic E-state index is 11.9. The largest absolute Gasteiger partial charge is 0.469 e. The Morgan fingerprint density at radius 1 is 1.29 bits per heavy atom. The highest BCUT2D eigenvalue weighted by molar-refractivity contribution is 5.81. The van der Waals surface area contributed by atoms with Crippen molar-refractivity contribution in [3.8, 4) is 0 Å². The second-order valence-electron chi connectivity index (χ2n) is 6.25. The van der Waals surface area contributed by atoms with Gasteiger partial charge in [0, 0.05) is 0 Å². The van der Waals surface area contributed by atoms with Crippen molar-refractivity contribution in [3.63, 3.8) is 0 Å². The van der Waals surface area contributed by atoms with Crippen molar-refractivity contribution in [2.45, 2.75) is 26.4 Å². The van der Waals surface area contributed by atoms with Crippen molar-refractivity contribution in [2.75, 3.05) is 13.7 Å². The second-order valence-corrected chi connectivity index (χ2v) is 6.25. The summed E-state index contributed by atoms with van der Waals surface area (Å²) in [6, 6.07) is 10.2. The summed E-state index contributed by atoms with van der Waals surface area (Å²) in [5.41, 5.74) is 2.22. The van der Waals surface area contributed by atoms with Gasteiger partial charge in [0.05, 0.1) is 25.7 Å². The molecule has 3 atom stereocenters. The molecule has 1 aromatic carbocycles. The first-order chi connectivity index (χ1) is 10.2. The lowest BCUT2D eigenvalue weighted by Crippen LogP contribution is -2.17. The van der Waals surface area contributed by atoms with Crippen LogP contribution in [0, 0.1) is 17.3 Å². The van der Waals surface area contributed by atoms with E-state index in [0.717, 1.165) is 12.8 Å². The molecule has 0 aliphatic heterocycles. The van der Waals surface area contributed by atoms with E-state index in [4.69, 9.17) is 9.47 Å². The van der Waals surface area contributed by atoms with Crippen molar-refractivity contribution in [3.05, 3.63) is 47.5 Å². The fraction of sp³-hybridized carbons (Fsp3) is 0.500. The lowest BCUT2D eigenvalue weighted by Gasteiger charge is -2.12. The van der Waals surface area contributed by atoms with Gasteiger partial charge >= 0.3 is 5.97 Å². The monoisotopic (exact) mass is 286 g/mol. The van der Waals surface area contributed by atoms with E-state index < -0.39 is 0 Å². The molecule has 0 saturated heterocycles. The molecule has 1 fully saturated rings. The third kappa shape index (κ3) is 2.62. The number of hydrogen-bond donors (Lipinski definition) is 0. The van der Waals surface area contributed by atoms with Crippen LogP contribution >= 0.6 is 0 Å². The number of fused-ring (bicyclic) bond motifs is 1. The van der Waals surface area contributed by atoms with Gasteiger partial charge in [0.25, 0.3) is 0 Å². The Hall–Kier alpha value is -1.61. The number of allylic oxidation sites excluding steroid dienone is 1. The van der Waals surface area contributed by atoms with Crippen LogP contribution in [0.2, 0.25) is 0 Å². The van der Waals surface area contributed by atoms with Gasteiger partial charge in [0.2, 0.25) is 0 Å². The molecule has 0 heterocycles. The topological polar surface area (TPSA) is 35.5 Å². The SMILES string of the molecule is COC(=O)[C@@]1(C)[C@@H]2C=C(COCc3ccccc3)CC[C@@H]21. The van der Waals surface area contributed by atoms with Gasteiger partial charge in [-0.05, 0) is 42.7 Å². The Kier molecular flexibility index (Phi) is 3.85. The maximum absolute atomic E-state index is 11.9. The van der Waals surface area contributed by atoms with Gasteiger partial charge < -0.3 is 9.47 Å². The molecule has 1 saturated carbocycles. The molecule has 2 aliphatic rings. The Balaban J connectivity index is 1.54. The number of rotatable bonds is 5. The Morgan fingerprint density at radius 2 is 2.05 bits per heavy atom. The molecule has 0 spiro atoms. The van der Waals surface area contributed by atoms with E-state index in [1.807, 2.05) is 25.1 Å². The lowest BCUT2D eigenvalue weighted by molar-refractivity contribution is -0.147. The average molecular weight is 286 g/mol. The highest BCUT2D eigenvalue weighted by atomic mass is 16.5. The molecule has 2 aliphatic carbocycles. The van der Waals surface area contributed by atoms with Crippen LogP contribution in [0.1, 0.15) is 25.3 Å². The first-order valence-corrected chi connectivity index (χ1v) is 7.56. The molecule has 0 radical (unpaired) electrons. The molecule has 0 bridgehead atoms. The first-order valence-electron chi connectivity index (χ1n) is 7.56. The standard InChI is InChI=1S/C18H22O3/c1-18(17(19)20-2)15-9-8-14(10-16(15)18)12-21-11-13-6-4-3-5-7-13/h3-7,10,15-16H,8-9,11-12H2,1-2H3/t15-,16+,18+/m0/s1. The van der Waals surface area contributed by atoms with E-state index in [-0.39, 0.29) is 11.4 Å². The molecule has 0 unspecified atom stereocenters. The highest BCUT2D eigenvalue weighted by Crippen LogP contribution is 2.64. The van der Waals surface area contributed by atoms with Crippen molar-refractivity contribution >= 4 is 5.97 Å². The molecular weight excluding hydrogens is 264 g/mol. The fourth-order valence-electron chi connectivity index (χ4n) is 3.59. The summed E-state index contributed by atoms with van der Waals surface area (Å²) >= 11 is 0. The number of carbonyl (C=O) groups is 1. The predicted molar refractivity (Wildman–Crippen MR) is 80.5 cm³/mol. The molecule has 0 aromatic heterocycles. The normalized spacial score (nSPS) is 30.3. The highest BCUT2D eigenvalue weighted by Gasteiger charge is 2.66. The fourth-order valence-corrected chi connectivity index (χ4v) is 3.59. The molecule has 1 aromatic rings. The third-order valence-electron chi connectivity index (χ3n) is 5.00. The minimum absolute atomic E-state index is 0.0693. The molecule has 3 nitrogen and oxygen atoms in total. The minimum Gasteiger partial charge on any atom is -0.469 e. The van der Waals surface area contributed by atoms with Gasteiger partial charge in [-0.1, -0.05) is 36.4 Å². The molecule has 0 N–H and O–H groups in total. The summed E-state index contributed by atoms with van der Waals surface area (Å²) in [5, 5.41) is 0. The Bertz CT molecular complexity index is 549. The maximum Gasteiger partial charge on any atom is 0.312 e. The quantitative estimate of drug-likeness (QED) is 0.615. The molecule has 21 heavy (non-hydrogen) atoms. The minimum atomic E-state index is -0.296. The van der Waals surface area contributed by atoms with E-state index >= 15 is 0 Å². The van der Waals surface area contributed by atoms with Crippen molar-refractivity contribution in [1.29, 1.82) is 0 Å². The number of methoxy groups -OCH3 is 1. The summed E-state index contributed by atoms with van der Waals surface area (Å²) in [5.74, 6) is 0.733. The number of ether oxygens (including phenoxy) is 2. The van der Waals surface area contributed by atoms with E-state index in [2.05, 4.69) is 18.2 Å². The van der Waals surface area contributed by atoms with Crippen LogP contribution in [0.5, 0.6) is 0 Å². The summed E-state index contributed by atoms with van der Waals surface area (Å²) in [6.45, 7) is 3.33. The van der Waals surface area contributed by atoms with Crippen molar-refractivity contribution in [2.24, 2.45) is 17.3 Å². The number of esters is 1. The molecule has 0 amide bonds. The zero-order chi connectivity index (χ0) is 14.9. The zero-order valence-corrected chi connectivity index (χ0v) is 12.7. The Morgan fingerprint density at radius 3 is 2.76 bits per heavy atom. The van der Waals surface area contributed by atoms with E-state index in [9.17, 15) is 4.79 Å². The van der Waals surface area contributed by atoms with Crippen LogP contribution in [-0.2, 0) is 20.9 Å². The van der Waals surface area contributed by atoms with Crippen LogP contribution in [0.15, 0.2) is 42.0 Å². The van der Waals surface area contributed by atoms with Crippen LogP contribution in [0.25, 0.3) is 0 Å². The summed E-state index contributed by atoms with van der Waals surface area (Å²) < 4.78 is 10.7. The average Bonchev–Trinajstić information content (AvgIpc) is 3.13. The van der Waals surface area contributed by atoms with Crippen molar-refractivity contribution < 1.29 is 14.3 Å². The van der Waals surface area contributed by atoms with Crippen molar-refractivity contribution in [1.82, 2.24) is 0 Å². The van der Waals surface area contributed by atoms with Crippen LogP contribution in [-0.4, -0.2) is 19.7 Å². The van der Waals surface area contributed by atoms with Gasteiger partial charge in [-0.3, -0.25) is 4.79 Å². The zero-order valence-electron chi connectivity index (χ0n) is 12.7. The van der Waals surface area contributed by atoms with Gasteiger partial charge in [0.15, 0.2) is 0 Å². The molecule has 112 valence electrons. The molecule has 3 heteroatoms. The summed E-state index contributed by atoms with van der Waals surface area (Å²) in [4.78, 5) is 11.9. The van der Waals surface area contributed by atoms with E-state index in [1.165, 1.54) is 18.2 Å². The number of benzene rings is 1. The molecule has 3 rings (SSSR count). The van der Waals surface area contributed by atoms with Crippen LogP contribution in [0.3, 0.4) is 0 Å². The van der Waals surface area contributed by atoms with E-state index in [1.54, 1.807) is 0 Å². The van der Waals surface area contributed by atoms with E-state index in [0.29, 0.717) is 25.0 Å². The Labute approximate surface area is 125 Å². The number of carbonyl (C=O) groups excluding carboxylic acids is 1. The molecular formula is C18H22O3.